The van der Waals surface area contributed by atoms with E-state index in [1.54, 1.807) is 0 Å². The molecule has 31 nitrogen and oxygen atoms in total. The number of likely N-dealkylation sites (N-methyl/N-ethyl adjacent to an activating group) is 1. The van der Waals surface area contributed by atoms with E-state index in [0.29, 0.717) is 0 Å². The van der Waals surface area contributed by atoms with Gasteiger partial charge in [0, 0.05) is 29.2 Å². The van der Waals surface area contributed by atoms with Crippen molar-refractivity contribution in [1.29, 1.82) is 0 Å². The van der Waals surface area contributed by atoms with Crippen LogP contribution in [0.5, 0.6) is 40.2 Å². The lowest BCUT2D eigenvalue weighted by atomic mass is 9.86. The van der Waals surface area contributed by atoms with Crippen molar-refractivity contribution in [3.8, 4) is 40.2 Å². The number of phenols is 2. The van der Waals surface area contributed by atoms with Gasteiger partial charge in [0.05, 0.1) is 54.0 Å². The Bertz CT molecular complexity index is 3890. The summed E-state index contributed by atoms with van der Waals surface area (Å²) in [5, 5.41) is 131. The molecule has 102 heavy (non-hydrogen) atoms. The molecule has 4 aromatic rings. The van der Waals surface area contributed by atoms with E-state index >= 15 is 4.79 Å². The molecule has 6 aliphatic rings. The number of aliphatic hydroxyl groups is 8. The van der Waals surface area contributed by atoms with Crippen LogP contribution in [0.3, 0.4) is 0 Å². The third kappa shape index (κ3) is 18.2. The van der Waals surface area contributed by atoms with Gasteiger partial charge in [0.2, 0.25) is 47.5 Å². The second-order valence-electron chi connectivity index (χ2n) is 25.7. The third-order valence-electron chi connectivity index (χ3n) is 17.5. The lowest BCUT2D eigenvalue weighted by Crippen LogP contribution is -2.64. The van der Waals surface area contributed by atoms with Crippen LogP contribution in [-0.4, -0.2) is 197 Å². The van der Waals surface area contributed by atoms with Gasteiger partial charge >= 0.3 is 0 Å². The van der Waals surface area contributed by atoms with E-state index < -0.39 is 204 Å². The molecule has 6 aliphatic heterocycles. The predicted octanol–water partition coefficient (Wildman–Crippen LogP) is 1.81. The first-order valence-corrected chi connectivity index (χ1v) is 33.5. The number of allylic oxidation sites excluding steroid dienone is 4. The Hall–Kier alpha value is -8.29. The highest BCUT2D eigenvalue weighted by Crippen LogP contribution is 2.49. The fourth-order valence-electron chi connectivity index (χ4n) is 12.1. The molecule has 0 radical (unpaired) electrons. The van der Waals surface area contributed by atoms with E-state index in [-0.39, 0.29) is 73.7 Å². The lowest BCUT2D eigenvalue weighted by molar-refractivity contribution is -0.333. The minimum absolute atomic E-state index is 0.0355. The number of carbonyl (C=O) groups excluding carboxylic acids is 6. The second kappa shape index (κ2) is 33.9. The molecule has 554 valence electrons. The molecule has 0 aliphatic carbocycles. The number of benzene rings is 4. The molecule has 0 aromatic heterocycles. The van der Waals surface area contributed by atoms with Gasteiger partial charge in [0.15, 0.2) is 23.9 Å². The van der Waals surface area contributed by atoms with Gasteiger partial charge in [-0.2, -0.15) is 0 Å². The quantitative estimate of drug-likeness (QED) is 0.0361. The zero-order chi connectivity index (χ0) is 75.1. The molecule has 0 spiro atoms. The fraction of sp³-hybridized carbons (Fsp3) is 0.456. The molecule has 10 rings (SSSR count). The molecular weight excluding hydrogens is 1400 g/mol. The number of hydrogen-bond donors (Lipinski definition) is 19. The maximum absolute atomic E-state index is 15.2. The molecule has 6 heterocycles. The number of hydrogen-bond acceptors (Lipinski definition) is 25. The summed E-state index contributed by atoms with van der Waals surface area (Å²) in [5.74, 6) is -10.3. The van der Waals surface area contributed by atoms with Crippen molar-refractivity contribution in [3.05, 3.63) is 129 Å². The summed E-state index contributed by atoms with van der Waals surface area (Å²) in [6, 6.07) is -0.232. The van der Waals surface area contributed by atoms with Crippen LogP contribution in [0.4, 0.5) is 0 Å². The number of ether oxygens (including phenoxy) is 6. The first-order chi connectivity index (χ1) is 48.1. The van der Waals surface area contributed by atoms with Crippen LogP contribution in [0.15, 0.2) is 91.2 Å². The van der Waals surface area contributed by atoms with Gasteiger partial charge in [0.25, 0.3) is 0 Å². The van der Waals surface area contributed by atoms with Crippen LogP contribution in [-0.2, 0) is 43.0 Å². The SMILES string of the molecule is C=C/C=C(O)\C(=C/C)c1c(O)cc(O)cc1[C@@H](CO)NC(=O)[C@H]1NC(=O)C(C)NC(=S)[C@@H]2NC(=O)[C@H](CC(N)=O)NC(=O)[C@H](NC(=O)[C@@H](CC(C)C)NC)[C@H](O)c3ccc(c(Cl)c3)Oc3cc2cc(c3O[C@@H]2OC(CO)C(O)[C@H](O)[C@H]2O[C@H]2CC(C)(N)[C@H](O)[C@H](C)O2)Oc2ccc(cc2Cl)[C@H]1O. The molecule has 2 fully saturated rings. The van der Waals surface area contributed by atoms with E-state index in [1.165, 1.54) is 95.4 Å². The molecule has 4 unspecified atom stereocenters. The van der Waals surface area contributed by atoms with Crippen molar-refractivity contribution in [1.82, 2.24) is 37.2 Å². The number of rotatable bonds is 19. The highest BCUT2D eigenvalue weighted by Gasteiger charge is 2.51. The van der Waals surface area contributed by atoms with Crippen LogP contribution in [0, 0.1) is 5.92 Å². The van der Waals surface area contributed by atoms with Crippen molar-refractivity contribution >= 4 is 81.4 Å². The number of amides is 6. The molecule has 2 saturated heterocycles. The average Bonchev–Trinajstić information content (AvgIpc) is 0.771. The number of carbonyl (C=O) groups is 6. The van der Waals surface area contributed by atoms with Gasteiger partial charge < -0.3 is 128 Å². The van der Waals surface area contributed by atoms with Crippen molar-refractivity contribution in [3.63, 3.8) is 0 Å². The normalized spacial score (nSPS) is 28.7. The van der Waals surface area contributed by atoms with Crippen LogP contribution in [0.25, 0.3) is 5.57 Å². The first-order valence-electron chi connectivity index (χ1n) is 32.3. The van der Waals surface area contributed by atoms with E-state index in [9.17, 15) is 75.0 Å². The van der Waals surface area contributed by atoms with Crippen LogP contribution >= 0.6 is 35.4 Å². The number of primary amides is 1. The molecule has 7 bridgehead atoms. The number of nitrogens with two attached hydrogens (primary N) is 2. The number of phenolic OH excluding ortho intramolecular Hbond substituents is 2. The first kappa shape index (κ1) is 79.4. The standard InChI is InChI=1S/C68H85Cl2N9O22S/c1-9-11-41(83)34(10-2)50-35(21-33(82)22-42(50)84)40(25-80)76-65(95)52-54(86)30-12-14-43(36(69)17-30)97-45-19-32-20-46(58(45)101-67-59(57(89)56(88)47(26-81)99-67)100-49-24-68(7,72)60(90)29(6)96-49)98-44-15-13-31(18-37(44)70)55(87)53(79-62(92)38(73-8)16-27(3)4)64(94)75-39(23-48(71)85)63(93)77-51(32)66(102)74-28(5)61(91)78-52/h9-15,17-22,27-29,38-40,47,49,51-57,59-60,67,73,80-84,86-90H,1,16,23-26,72H2,2-8H3,(H2,71,85)(H,74,102)(H,75,94)(H,76,95)(H,77,93)(H,78,91)(H,79,92)/b34-10+,41-11+/t28?,29-,38+,39-,40+,47?,49-,51+,52-,53+,54+,55+,56?,57-,59+,60+,67-,68?/m0/s1. The Balaban J connectivity index is 1.34. The largest absolute Gasteiger partial charge is 0.508 e. The molecule has 4 aromatic carbocycles. The smallest absolute Gasteiger partial charge is 0.246 e. The van der Waals surface area contributed by atoms with Gasteiger partial charge in [-0.1, -0.05) is 80.1 Å². The van der Waals surface area contributed by atoms with Crippen molar-refractivity contribution < 1.29 is 108 Å². The average molecular weight is 1480 g/mol. The Morgan fingerprint density at radius 1 is 0.843 bits per heavy atom. The van der Waals surface area contributed by atoms with E-state index in [0.717, 1.165) is 18.2 Å². The summed E-state index contributed by atoms with van der Waals surface area (Å²) in [6.07, 6.45) is -13.9. The molecule has 6 amide bonds. The van der Waals surface area contributed by atoms with E-state index in [2.05, 4.69) is 43.8 Å². The van der Waals surface area contributed by atoms with Crippen LogP contribution in [0.2, 0.25) is 10.0 Å². The summed E-state index contributed by atoms with van der Waals surface area (Å²) >= 11 is 20.2. The zero-order valence-electron chi connectivity index (χ0n) is 56.3. The molecule has 21 N–H and O–H groups in total. The highest BCUT2D eigenvalue weighted by atomic mass is 35.5. The van der Waals surface area contributed by atoms with Gasteiger partial charge in [-0.3, -0.25) is 28.8 Å². The Labute approximate surface area is 601 Å². The summed E-state index contributed by atoms with van der Waals surface area (Å²) in [4.78, 5) is 86.2. The minimum Gasteiger partial charge on any atom is -0.508 e. The second-order valence-corrected chi connectivity index (χ2v) is 26.9. The van der Waals surface area contributed by atoms with Crippen molar-refractivity contribution in [2.45, 2.75) is 170 Å². The number of fused-ring (bicyclic) bond motifs is 16. The van der Waals surface area contributed by atoms with Crippen molar-refractivity contribution in [2.24, 2.45) is 17.4 Å². The summed E-state index contributed by atoms with van der Waals surface area (Å²) in [7, 11) is 1.50. The maximum atomic E-state index is 15.2. The Kier molecular flexibility index (Phi) is 26.4. The van der Waals surface area contributed by atoms with E-state index in [1.807, 2.05) is 13.8 Å². The molecule has 0 saturated carbocycles. The molecular formula is C68H85Cl2N9O22S. The minimum atomic E-state index is -2.08. The van der Waals surface area contributed by atoms with Gasteiger partial charge in [0.1, 0.15) is 94.5 Å². The Morgan fingerprint density at radius 2 is 1.47 bits per heavy atom. The predicted molar refractivity (Wildman–Crippen MR) is 371 cm³/mol. The van der Waals surface area contributed by atoms with Crippen LogP contribution in [0.1, 0.15) is 113 Å². The number of nitrogens with one attached hydrogen (secondary N) is 7. The Morgan fingerprint density at radius 3 is 2.02 bits per heavy atom. The topological polar surface area (TPSA) is 496 Å². The highest BCUT2D eigenvalue weighted by molar-refractivity contribution is 7.80. The summed E-state index contributed by atoms with van der Waals surface area (Å²) < 4.78 is 38.5. The number of halogens is 2. The van der Waals surface area contributed by atoms with Gasteiger partial charge in [-0.15, -0.1) is 0 Å². The third-order valence-corrected chi connectivity index (χ3v) is 18.4. The number of thiocarbonyl (C=S) groups is 1. The maximum Gasteiger partial charge on any atom is 0.246 e. The number of aromatic hydroxyl groups is 2. The van der Waals surface area contributed by atoms with E-state index in [4.69, 9.17) is 75.3 Å². The van der Waals surface area contributed by atoms with Crippen LogP contribution < -0.4 is 62.9 Å². The molecule has 18 atom stereocenters. The fourth-order valence-corrected chi connectivity index (χ4v) is 12.9. The van der Waals surface area contributed by atoms with Gasteiger partial charge in [-0.05, 0) is 118 Å². The summed E-state index contributed by atoms with van der Waals surface area (Å²) in [5.41, 5.74) is 10.1. The summed E-state index contributed by atoms with van der Waals surface area (Å²) in [6.45, 7) is 11.2. The number of aliphatic hydroxyl groups excluding tert-OH is 8. The van der Waals surface area contributed by atoms with Gasteiger partial charge in [-0.25, -0.2) is 0 Å². The monoisotopic (exact) mass is 1480 g/mol. The zero-order valence-corrected chi connectivity index (χ0v) is 58.7. The molecule has 34 heteroatoms. The van der Waals surface area contributed by atoms with Crippen molar-refractivity contribution in [2.75, 3.05) is 20.3 Å². The lowest BCUT2D eigenvalue weighted by Gasteiger charge is -2.47.